The number of carbonyl (C=O) groups is 1. The van der Waals surface area contributed by atoms with E-state index in [1.54, 1.807) is 49.6 Å². The van der Waals surface area contributed by atoms with Gasteiger partial charge in [-0.1, -0.05) is 0 Å². The van der Waals surface area contributed by atoms with Crippen LogP contribution in [0.2, 0.25) is 0 Å². The van der Waals surface area contributed by atoms with Gasteiger partial charge in [-0.25, -0.2) is 13.9 Å². The quantitative estimate of drug-likeness (QED) is 0.400. The number of hydrogen-bond donors (Lipinski definition) is 0. The lowest BCUT2D eigenvalue weighted by atomic mass is 10.1. The van der Waals surface area contributed by atoms with Gasteiger partial charge in [0, 0.05) is 5.56 Å². The van der Waals surface area contributed by atoms with Gasteiger partial charge >= 0.3 is 5.97 Å². The normalized spacial score (nSPS) is 10.5. The zero-order valence-corrected chi connectivity index (χ0v) is 16.9. The number of esters is 1. The van der Waals surface area contributed by atoms with Gasteiger partial charge in [0.25, 0.3) is 0 Å². The molecule has 4 rings (SSSR count). The minimum absolute atomic E-state index is 0.300. The largest absolute Gasteiger partial charge is 0.497 e. The molecule has 0 aliphatic carbocycles. The van der Waals surface area contributed by atoms with E-state index in [1.165, 1.54) is 23.9 Å². The molecule has 0 aliphatic rings. The number of nitrogens with zero attached hydrogens (tertiary/aromatic N) is 2. The number of rotatable bonds is 6. The summed E-state index contributed by atoms with van der Waals surface area (Å²) in [4.78, 5) is 12.3. The van der Waals surface area contributed by atoms with E-state index in [0.29, 0.717) is 34.3 Å². The molecule has 0 spiro atoms. The Labute approximate surface area is 178 Å². The highest BCUT2D eigenvalue weighted by atomic mass is 19.1. The van der Waals surface area contributed by atoms with E-state index in [4.69, 9.17) is 14.2 Å². The maximum absolute atomic E-state index is 13.0. The Balaban J connectivity index is 1.63. The van der Waals surface area contributed by atoms with Crippen molar-refractivity contribution in [2.24, 2.45) is 0 Å². The molecular formula is C24H19FN2O4. The van der Waals surface area contributed by atoms with Gasteiger partial charge in [-0.05, 0) is 78.9 Å². The monoisotopic (exact) mass is 418 g/mol. The van der Waals surface area contributed by atoms with Crippen LogP contribution in [0.15, 0.2) is 78.9 Å². The van der Waals surface area contributed by atoms with Crippen LogP contribution in [-0.4, -0.2) is 30.0 Å². The number of aromatic nitrogens is 2. The smallest absolute Gasteiger partial charge is 0.356 e. The van der Waals surface area contributed by atoms with Crippen LogP contribution in [0.1, 0.15) is 10.5 Å². The molecule has 4 aromatic rings. The van der Waals surface area contributed by atoms with E-state index in [0.717, 1.165) is 5.56 Å². The summed E-state index contributed by atoms with van der Waals surface area (Å²) in [5.41, 5.74) is 2.39. The lowest BCUT2D eigenvalue weighted by Crippen LogP contribution is -2.10. The molecule has 7 heteroatoms. The first kappa shape index (κ1) is 20.2. The molecule has 0 fully saturated rings. The highest BCUT2D eigenvalue weighted by Gasteiger charge is 2.18. The standard InChI is InChI=1S/C24H19FN2O4/c1-29-19-13-7-18(8-14-19)27-23(24(28)30-2)15-22(26-27)16-3-9-20(10-4-16)31-21-11-5-17(25)6-12-21/h3-15H,1-2H3. The number of carbonyl (C=O) groups excluding carboxylic acids is 1. The van der Waals surface area contributed by atoms with Gasteiger partial charge in [0.15, 0.2) is 5.69 Å². The highest BCUT2D eigenvalue weighted by molar-refractivity contribution is 5.89. The molecule has 1 aromatic heterocycles. The van der Waals surface area contributed by atoms with E-state index >= 15 is 0 Å². The third-order valence-electron chi connectivity index (χ3n) is 4.62. The van der Waals surface area contributed by atoms with E-state index in [2.05, 4.69) is 5.10 Å². The van der Waals surface area contributed by atoms with Crippen molar-refractivity contribution in [3.63, 3.8) is 0 Å². The summed E-state index contributed by atoms with van der Waals surface area (Å²) in [6.45, 7) is 0. The summed E-state index contributed by atoms with van der Waals surface area (Å²) >= 11 is 0. The van der Waals surface area contributed by atoms with Crippen LogP contribution in [0.4, 0.5) is 4.39 Å². The van der Waals surface area contributed by atoms with Gasteiger partial charge in [-0.15, -0.1) is 0 Å². The Morgan fingerprint density at radius 2 is 1.42 bits per heavy atom. The lowest BCUT2D eigenvalue weighted by molar-refractivity contribution is 0.0590. The van der Waals surface area contributed by atoms with Crippen LogP contribution >= 0.6 is 0 Å². The molecule has 0 radical (unpaired) electrons. The molecule has 0 saturated carbocycles. The summed E-state index contributed by atoms with van der Waals surface area (Å²) < 4.78 is 30.4. The highest BCUT2D eigenvalue weighted by Crippen LogP contribution is 2.27. The number of methoxy groups -OCH3 is 2. The van der Waals surface area contributed by atoms with Crippen LogP contribution in [-0.2, 0) is 4.74 Å². The third-order valence-corrected chi connectivity index (χ3v) is 4.62. The van der Waals surface area contributed by atoms with Gasteiger partial charge in [0.2, 0.25) is 0 Å². The van der Waals surface area contributed by atoms with Crippen LogP contribution in [0.25, 0.3) is 16.9 Å². The topological polar surface area (TPSA) is 62.6 Å². The number of halogens is 1. The predicted octanol–water partition coefficient (Wildman–Crippen LogP) is 5.27. The SMILES string of the molecule is COC(=O)c1cc(-c2ccc(Oc3ccc(F)cc3)cc2)nn1-c1ccc(OC)cc1. The Kier molecular flexibility index (Phi) is 5.66. The van der Waals surface area contributed by atoms with E-state index in [-0.39, 0.29) is 5.82 Å². The fraction of sp³-hybridized carbons (Fsp3) is 0.0833. The van der Waals surface area contributed by atoms with Crippen LogP contribution in [0, 0.1) is 5.82 Å². The Hall–Kier alpha value is -4.13. The average molecular weight is 418 g/mol. The summed E-state index contributed by atoms with van der Waals surface area (Å²) in [7, 11) is 2.92. The van der Waals surface area contributed by atoms with Gasteiger partial charge in [-0.2, -0.15) is 5.10 Å². The molecule has 0 atom stereocenters. The van der Waals surface area contributed by atoms with Crippen molar-refractivity contribution < 1.29 is 23.4 Å². The van der Waals surface area contributed by atoms with Crippen LogP contribution in [0.5, 0.6) is 17.2 Å². The molecular weight excluding hydrogens is 399 g/mol. The molecule has 156 valence electrons. The molecule has 0 aliphatic heterocycles. The first-order valence-corrected chi connectivity index (χ1v) is 9.44. The van der Waals surface area contributed by atoms with E-state index < -0.39 is 5.97 Å². The first-order valence-electron chi connectivity index (χ1n) is 9.44. The Morgan fingerprint density at radius 1 is 0.839 bits per heavy atom. The number of benzene rings is 3. The van der Waals surface area contributed by atoms with Crippen LogP contribution in [0.3, 0.4) is 0 Å². The third kappa shape index (κ3) is 4.40. The van der Waals surface area contributed by atoms with E-state index in [1.807, 2.05) is 24.3 Å². The molecule has 0 amide bonds. The maximum Gasteiger partial charge on any atom is 0.356 e. The summed E-state index contributed by atoms with van der Waals surface area (Å²) in [6, 6.07) is 21.9. The molecule has 0 bridgehead atoms. The molecule has 0 N–H and O–H groups in total. The second kappa shape index (κ2) is 8.71. The first-order chi connectivity index (χ1) is 15.1. The molecule has 6 nitrogen and oxygen atoms in total. The van der Waals surface area contributed by atoms with Gasteiger partial charge < -0.3 is 14.2 Å². The van der Waals surface area contributed by atoms with Crippen molar-refractivity contribution in [1.82, 2.24) is 9.78 Å². The van der Waals surface area contributed by atoms with Gasteiger partial charge in [0.1, 0.15) is 23.1 Å². The lowest BCUT2D eigenvalue weighted by Gasteiger charge is -2.07. The minimum Gasteiger partial charge on any atom is -0.497 e. The molecule has 0 unspecified atom stereocenters. The van der Waals surface area contributed by atoms with Gasteiger partial charge in [-0.3, -0.25) is 0 Å². The molecule has 31 heavy (non-hydrogen) atoms. The van der Waals surface area contributed by atoms with Crippen molar-refractivity contribution in [2.45, 2.75) is 0 Å². The summed E-state index contributed by atoms with van der Waals surface area (Å²) in [6.07, 6.45) is 0. The van der Waals surface area contributed by atoms with Crippen molar-refractivity contribution in [3.05, 3.63) is 90.4 Å². The van der Waals surface area contributed by atoms with Crippen molar-refractivity contribution in [2.75, 3.05) is 14.2 Å². The number of hydrogen-bond acceptors (Lipinski definition) is 5. The minimum atomic E-state index is -0.495. The molecule has 3 aromatic carbocycles. The zero-order valence-electron chi connectivity index (χ0n) is 16.9. The van der Waals surface area contributed by atoms with Crippen molar-refractivity contribution >= 4 is 5.97 Å². The van der Waals surface area contributed by atoms with E-state index in [9.17, 15) is 9.18 Å². The Morgan fingerprint density at radius 3 is 2.00 bits per heavy atom. The molecule has 1 heterocycles. The summed E-state index contributed by atoms with van der Waals surface area (Å²) in [5.74, 6) is 1.01. The average Bonchev–Trinajstić information content (AvgIpc) is 3.26. The second-order valence-electron chi connectivity index (χ2n) is 6.60. The Bertz CT molecular complexity index is 1180. The van der Waals surface area contributed by atoms with Crippen LogP contribution < -0.4 is 9.47 Å². The van der Waals surface area contributed by atoms with Crippen molar-refractivity contribution in [1.29, 1.82) is 0 Å². The fourth-order valence-electron chi connectivity index (χ4n) is 3.02. The van der Waals surface area contributed by atoms with Gasteiger partial charge in [0.05, 0.1) is 25.6 Å². The maximum atomic E-state index is 13.0. The zero-order chi connectivity index (χ0) is 21.8. The van der Waals surface area contributed by atoms with Crippen molar-refractivity contribution in [3.8, 4) is 34.2 Å². The molecule has 0 saturated heterocycles. The second-order valence-corrected chi connectivity index (χ2v) is 6.60. The number of ether oxygens (including phenoxy) is 3. The predicted molar refractivity (Wildman–Crippen MR) is 113 cm³/mol. The summed E-state index contributed by atoms with van der Waals surface area (Å²) in [5, 5.41) is 4.59. The fourth-order valence-corrected chi connectivity index (χ4v) is 3.02.